The number of likely N-dealkylation sites (tertiary alicyclic amines) is 1. The number of hydrogen-bond acceptors (Lipinski definition) is 2. The van der Waals surface area contributed by atoms with Gasteiger partial charge in [0, 0.05) is 18.2 Å². The summed E-state index contributed by atoms with van der Waals surface area (Å²) in [7, 11) is 1.99. The summed E-state index contributed by atoms with van der Waals surface area (Å²) in [5.74, 6) is -0.446. The lowest BCUT2D eigenvalue weighted by atomic mass is 10.0. The maximum atomic E-state index is 13.9. The fourth-order valence-corrected chi connectivity index (χ4v) is 3.64. The zero-order valence-electron chi connectivity index (χ0n) is 14.3. The maximum Gasteiger partial charge on any atom is 0.411 e. The summed E-state index contributed by atoms with van der Waals surface area (Å²) in [5.41, 5.74) is 1.50. The highest BCUT2D eigenvalue weighted by Crippen LogP contribution is 2.36. The number of carbonyl (C=O) groups is 1. The molecular weight excluding hydrogens is 378 g/mol. The average molecular weight is 397 g/mol. The number of benzene rings is 2. The fourth-order valence-electron chi connectivity index (χ4n) is 3.34. The number of hydrogen-bond donors (Lipinski definition) is 1. The van der Waals surface area contributed by atoms with Crippen LogP contribution in [0.25, 0.3) is 11.1 Å². The van der Waals surface area contributed by atoms with Gasteiger partial charge in [0.15, 0.2) is 0 Å². The van der Waals surface area contributed by atoms with Gasteiger partial charge in [-0.2, -0.15) is 0 Å². The number of rotatable bonds is 4. The molecule has 1 N–H and O–H groups in total. The van der Waals surface area contributed by atoms with E-state index < -0.39 is 11.9 Å². The van der Waals surface area contributed by atoms with Gasteiger partial charge in [-0.3, -0.25) is 4.90 Å². The molecule has 26 heavy (non-hydrogen) atoms. The van der Waals surface area contributed by atoms with Gasteiger partial charge in [-0.05, 0) is 62.3 Å². The molecule has 2 aromatic rings. The number of carboxylic acid groups (broad SMARTS) is 1. The molecule has 0 aromatic heterocycles. The van der Waals surface area contributed by atoms with Crippen LogP contribution in [0.4, 0.5) is 14.9 Å². The number of halogens is 3. The number of anilines is 1. The normalized spacial score (nSPS) is 17.5. The van der Waals surface area contributed by atoms with E-state index in [0.717, 1.165) is 19.4 Å². The molecule has 0 spiro atoms. The molecule has 0 radical (unpaired) electrons. The summed E-state index contributed by atoms with van der Waals surface area (Å²) < 4.78 is 13.9. The largest absolute Gasteiger partial charge is 0.465 e. The zero-order valence-corrected chi connectivity index (χ0v) is 15.8. The Hall–Kier alpha value is -1.82. The van der Waals surface area contributed by atoms with Crippen molar-refractivity contribution in [3.63, 3.8) is 0 Å². The Bertz CT molecular complexity index is 831. The molecule has 0 bridgehead atoms. The van der Waals surface area contributed by atoms with Gasteiger partial charge in [-0.15, -0.1) is 0 Å². The summed E-state index contributed by atoms with van der Waals surface area (Å²) in [5, 5.41) is 10.5. The van der Waals surface area contributed by atoms with Crippen molar-refractivity contribution in [1.29, 1.82) is 0 Å². The highest BCUT2D eigenvalue weighted by molar-refractivity contribution is 6.42. The Morgan fingerprint density at radius 3 is 2.65 bits per heavy atom. The lowest BCUT2D eigenvalue weighted by Crippen LogP contribution is -2.41. The Morgan fingerprint density at radius 2 is 2.04 bits per heavy atom. The van der Waals surface area contributed by atoms with E-state index in [9.17, 15) is 14.3 Å². The van der Waals surface area contributed by atoms with Gasteiger partial charge in [0.05, 0.1) is 15.7 Å². The molecule has 2 aromatic carbocycles. The molecule has 138 valence electrons. The van der Waals surface area contributed by atoms with Gasteiger partial charge in [0.1, 0.15) is 5.82 Å². The second-order valence-electron chi connectivity index (χ2n) is 6.46. The van der Waals surface area contributed by atoms with Crippen molar-refractivity contribution in [3.05, 3.63) is 52.3 Å². The van der Waals surface area contributed by atoms with E-state index >= 15 is 0 Å². The number of likely N-dealkylation sites (N-methyl/N-ethyl adjacent to an activating group) is 1. The van der Waals surface area contributed by atoms with Gasteiger partial charge >= 0.3 is 6.09 Å². The van der Waals surface area contributed by atoms with Crippen LogP contribution in [0, 0.1) is 5.82 Å². The number of amides is 1. The van der Waals surface area contributed by atoms with E-state index in [1.165, 1.54) is 23.1 Å². The molecule has 1 fully saturated rings. The van der Waals surface area contributed by atoms with Crippen LogP contribution in [0.3, 0.4) is 0 Å². The van der Waals surface area contributed by atoms with Gasteiger partial charge in [-0.1, -0.05) is 29.3 Å². The molecule has 7 heteroatoms. The Labute approximate surface area is 161 Å². The smallest absolute Gasteiger partial charge is 0.411 e. The van der Waals surface area contributed by atoms with Crippen LogP contribution < -0.4 is 4.90 Å². The van der Waals surface area contributed by atoms with E-state index in [1.54, 1.807) is 18.2 Å². The highest BCUT2D eigenvalue weighted by Gasteiger charge is 2.28. The van der Waals surface area contributed by atoms with E-state index in [1.807, 2.05) is 7.05 Å². The van der Waals surface area contributed by atoms with Crippen LogP contribution in [0.5, 0.6) is 0 Å². The second kappa shape index (κ2) is 7.82. The van der Waals surface area contributed by atoms with Gasteiger partial charge < -0.3 is 10.0 Å². The Balaban J connectivity index is 2.04. The summed E-state index contributed by atoms with van der Waals surface area (Å²) in [4.78, 5) is 15.4. The first-order valence-electron chi connectivity index (χ1n) is 8.32. The number of nitrogens with zero attached hydrogens (tertiary/aromatic N) is 2. The van der Waals surface area contributed by atoms with E-state index in [4.69, 9.17) is 23.2 Å². The molecule has 1 unspecified atom stereocenters. The SMILES string of the molecule is CN1CCCC1CN(C(=O)O)c1ccc(F)cc1-c1ccc(Cl)c(Cl)c1. The monoisotopic (exact) mass is 396 g/mol. The summed E-state index contributed by atoms with van der Waals surface area (Å²) in [6.45, 7) is 1.27. The summed E-state index contributed by atoms with van der Waals surface area (Å²) in [6, 6.07) is 9.16. The zero-order chi connectivity index (χ0) is 18.8. The van der Waals surface area contributed by atoms with Crippen molar-refractivity contribution in [2.75, 3.05) is 25.0 Å². The molecule has 1 atom stereocenters. The molecule has 1 heterocycles. The van der Waals surface area contributed by atoms with Crippen LogP contribution >= 0.6 is 23.2 Å². The first-order chi connectivity index (χ1) is 12.4. The first kappa shape index (κ1) is 19.0. The van der Waals surface area contributed by atoms with E-state index in [0.29, 0.717) is 33.4 Å². The molecule has 3 rings (SSSR count). The van der Waals surface area contributed by atoms with Crippen molar-refractivity contribution >= 4 is 35.0 Å². The minimum Gasteiger partial charge on any atom is -0.465 e. The molecule has 0 saturated carbocycles. The fraction of sp³-hybridized carbons (Fsp3) is 0.316. The van der Waals surface area contributed by atoms with Crippen molar-refractivity contribution in [2.45, 2.75) is 18.9 Å². The third-order valence-corrected chi connectivity index (χ3v) is 5.51. The predicted octanol–water partition coefficient (Wildman–Crippen LogP) is 5.38. The van der Waals surface area contributed by atoms with Gasteiger partial charge in [0.25, 0.3) is 0 Å². The van der Waals surface area contributed by atoms with Gasteiger partial charge in [-0.25, -0.2) is 9.18 Å². The maximum absolute atomic E-state index is 13.9. The second-order valence-corrected chi connectivity index (χ2v) is 7.27. The topological polar surface area (TPSA) is 43.8 Å². The standard InChI is InChI=1S/C19H19Cl2FN2O2/c1-23-8-2-3-14(23)11-24(19(25)26)18-7-5-13(22)10-15(18)12-4-6-16(20)17(21)9-12/h4-7,9-10,14H,2-3,8,11H2,1H3,(H,25,26). The van der Waals surface area contributed by atoms with E-state index in [-0.39, 0.29) is 6.04 Å². The van der Waals surface area contributed by atoms with Crippen molar-refractivity contribution in [3.8, 4) is 11.1 Å². The third kappa shape index (κ3) is 3.95. The van der Waals surface area contributed by atoms with Crippen LogP contribution in [0.2, 0.25) is 10.0 Å². The minimum atomic E-state index is -1.07. The van der Waals surface area contributed by atoms with Gasteiger partial charge in [0.2, 0.25) is 0 Å². The minimum absolute atomic E-state index is 0.137. The van der Waals surface area contributed by atoms with Crippen LogP contribution in [-0.2, 0) is 0 Å². The lowest BCUT2D eigenvalue weighted by molar-refractivity contribution is 0.198. The molecule has 1 aliphatic rings. The first-order valence-corrected chi connectivity index (χ1v) is 9.08. The molecule has 1 amide bonds. The van der Waals surface area contributed by atoms with Crippen LogP contribution in [0.1, 0.15) is 12.8 Å². The van der Waals surface area contributed by atoms with Crippen molar-refractivity contribution in [2.24, 2.45) is 0 Å². The molecule has 1 saturated heterocycles. The molecule has 1 aliphatic heterocycles. The molecule has 4 nitrogen and oxygen atoms in total. The van der Waals surface area contributed by atoms with Crippen LogP contribution in [-0.4, -0.2) is 42.3 Å². The third-order valence-electron chi connectivity index (χ3n) is 4.78. The molecular formula is C19H19Cl2FN2O2. The Kier molecular flexibility index (Phi) is 5.70. The van der Waals surface area contributed by atoms with Crippen LogP contribution in [0.15, 0.2) is 36.4 Å². The Morgan fingerprint density at radius 1 is 1.27 bits per heavy atom. The van der Waals surface area contributed by atoms with Crippen molar-refractivity contribution in [1.82, 2.24) is 4.90 Å². The lowest BCUT2D eigenvalue weighted by Gasteiger charge is -2.28. The quantitative estimate of drug-likeness (QED) is 0.754. The van der Waals surface area contributed by atoms with E-state index in [2.05, 4.69) is 4.90 Å². The molecule has 0 aliphatic carbocycles. The summed E-state index contributed by atoms with van der Waals surface area (Å²) >= 11 is 12.1. The predicted molar refractivity (Wildman–Crippen MR) is 103 cm³/mol. The average Bonchev–Trinajstić information content (AvgIpc) is 3.00. The summed E-state index contributed by atoms with van der Waals surface area (Å²) in [6.07, 6.45) is 0.902. The highest BCUT2D eigenvalue weighted by atomic mass is 35.5. The van der Waals surface area contributed by atoms with Crippen molar-refractivity contribution < 1.29 is 14.3 Å².